The van der Waals surface area contributed by atoms with Crippen molar-refractivity contribution in [3.05, 3.63) is 11.6 Å². The summed E-state index contributed by atoms with van der Waals surface area (Å²) in [6.07, 6.45) is -0.882. The van der Waals surface area contributed by atoms with Crippen LogP contribution in [0.1, 0.15) is 27.2 Å². The Balaban J connectivity index is 2.17. The third kappa shape index (κ3) is 3.53. The zero-order valence-corrected chi connectivity index (χ0v) is 18.4. The second kappa shape index (κ2) is 7.58. The van der Waals surface area contributed by atoms with Gasteiger partial charge in [-0.3, -0.25) is 8.98 Å². The molecule has 0 radical (unpaired) electrons. The number of hydrogen-bond acceptors (Lipinski definition) is 9. The fraction of sp³-hybridized carbons (Fsp3) is 0.842. The van der Waals surface area contributed by atoms with Crippen molar-refractivity contribution in [1.82, 2.24) is 0 Å². The number of aliphatic hydroxyl groups excluding tert-OH is 1. The van der Waals surface area contributed by atoms with E-state index in [-0.39, 0.29) is 12.7 Å². The predicted molar refractivity (Wildman–Crippen MR) is 101 cm³/mol. The molecule has 1 N–H and O–H groups in total. The first kappa shape index (κ1) is 22.6. The molecule has 0 amide bonds. The topological polar surface area (TPSA) is 118 Å². The average Bonchev–Trinajstić information content (AvgIpc) is 2.87. The van der Waals surface area contributed by atoms with Gasteiger partial charge >= 0.3 is 5.97 Å². The van der Waals surface area contributed by atoms with Crippen molar-refractivity contribution in [3.8, 4) is 0 Å². The van der Waals surface area contributed by atoms with Gasteiger partial charge in [-0.05, 0) is 18.9 Å². The summed E-state index contributed by atoms with van der Waals surface area (Å²) in [7, 11) is -0.961. The van der Waals surface area contributed by atoms with Crippen molar-refractivity contribution >= 4 is 16.1 Å². The first-order chi connectivity index (χ1) is 13.4. The summed E-state index contributed by atoms with van der Waals surface area (Å²) < 4.78 is 51.4. The molecule has 3 rings (SSSR count). The molecule has 0 aromatic heterocycles. The van der Waals surface area contributed by atoms with Gasteiger partial charge in [-0.15, -0.1) is 0 Å². The third-order valence-electron chi connectivity index (χ3n) is 6.52. The summed E-state index contributed by atoms with van der Waals surface area (Å²) in [6.45, 7) is 5.36. The van der Waals surface area contributed by atoms with Gasteiger partial charge in [0, 0.05) is 25.6 Å². The molecular formula is C19H30O9S. The molecule has 9 nitrogen and oxygen atoms in total. The smallest absolute Gasteiger partial charge is 0.312 e. The Morgan fingerprint density at radius 1 is 1.31 bits per heavy atom. The fourth-order valence-corrected chi connectivity index (χ4v) is 5.91. The Labute approximate surface area is 171 Å². The predicted octanol–water partition coefficient (Wildman–Crippen LogP) is 0.614. The normalized spacial score (nSPS) is 43.1. The molecule has 1 aliphatic heterocycles. The number of hydrogen-bond donors (Lipinski definition) is 1. The second-order valence-corrected chi connectivity index (χ2v) is 10.3. The van der Waals surface area contributed by atoms with Crippen LogP contribution in [0.2, 0.25) is 0 Å². The van der Waals surface area contributed by atoms with E-state index in [1.807, 2.05) is 13.8 Å². The second-order valence-electron chi connectivity index (χ2n) is 8.75. The Hall–Kier alpha value is -1.04. The Bertz CT molecular complexity index is 790. The van der Waals surface area contributed by atoms with Gasteiger partial charge in [0.25, 0.3) is 10.1 Å². The van der Waals surface area contributed by atoms with Crippen LogP contribution in [0.5, 0.6) is 0 Å². The highest BCUT2D eigenvalue weighted by Crippen LogP contribution is 2.66. The molecule has 2 bridgehead atoms. The van der Waals surface area contributed by atoms with Gasteiger partial charge < -0.3 is 24.1 Å². The summed E-state index contributed by atoms with van der Waals surface area (Å²) in [5.41, 5.74) is -1.43. The highest BCUT2D eigenvalue weighted by atomic mass is 32.2. The molecule has 3 aliphatic rings. The highest BCUT2D eigenvalue weighted by molar-refractivity contribution is 7.86. The maximum Gasteiger partial charge on any atom is 0.312 e. The monoisotopic (exact) mass is 434 g/mol. The molecule has 7 atom stereocenters. The van der Waals surface area contributed by atoms with E-state index in [1.165, 1.54) is 14.2 Å². The number of esters is 1. The van der Waals surface area contributed by atoms with E-state index in [9.17, 15) is 18.3 Å². The van der Waals surface area contributed by atoms with Crippen LogP contribution in [0.25, 0.3) is 0 Å². The maximum absolute atomic E-state index is 13.0. The van der Waals surface area contributed by atoms with Crippen molar-refractivity contribution in [2.24, 2.45) is 17.3 Å². The largest absolute Gasteiger partial charge is 0.455 e. The highest BCUT2D eigenvalue weighted by Gasteiger charge is 2.76. The molecule has 166 valence electrons. The molecule has 0 aromatic carbocycles. The first-order valence-electron chi connectivity index (χ1n) is 9.50. The Morgan fingerprint density at radius 3 is 2.48 bits per heavy atom. The van der Waals surface area contributed by atoms with Crippen LogP contribution in [0.3, 0.4) is 0 Å². The van der Waals surface area contributed by atoms with Crippen LogP contribution in [0.4, 0.5) is 0 Å². The minimum Gasteiger partial charge on any atom is -0.455 e. The number of methoxy groups -OCH3 is 2. The summed E-state index contributed by atoms with van der Waals surface area (Å²) in [6, 6.07) is 0. The van der Waals surface area contributed by atoms with Crippen molar-refractivity contribution in [3.63, 3.8) is 0 Å². The van der Waals surface area contributed by atoms with Crippen molar-refractivity contribution in [2.75, 3.05) is 27.3 Å². The molecular weight excluding hydrogens is 404 g/mol. The number of rotatable bonds is 6. The summed E-state index contributed by atoms with van der Waals surface area (Å²) in [5, 5.41) is 11.4. The molecule has 2 aliphatic carbocycles. The van der Waals surface area contributed by atoms with Crippen molar-refractivity contribution < 1.29 is 41.4 Å². The molecule has 1 saturated carbocycles. The molecule has 1 heterocycles. The van der Waals surface area contributed by atoms with E-state index >= 15 is 0 Å². The van der Waals surface area contributed by atoms with E-state index < -0.39 is 57.4 Å². The molecule has 10 heteroatoms. The number of aliphatic hydroxyl groups is 1. The SMILES string of the molecule is COCO[C@@H]1[C@H]2C(=O)O[C@]3([C@@H]2CC3(C)C)[C@@H](O)[C@H](OS(C)(=O)=O)/C(C)=C/[C@H]1OC. The number of ether oxygens (including phenoxy) is 4. The average molecular weight is 435 g/mol. The van der Waals surface area contributed by atoms with Gasteiger partial charge in [0.15, 0.2) is 0 Å². The van der Waals surface area contributed by atoms with Crippen LogP contribution < -0.4 is 0 Å². The molecule has 0 unspecified atom stereocenters. The maximum atomic E-state index is 13.0. The third-order valence-corrected chi connectivity index (χ3v) is 7.08. The standard InChI is InChI=1S/C19H30O9S/c1-10-7-12(25-5)15(26-9-24-4)13-11-8-18(2,3)19(11,27-17(13)21)16(20)14(10)28-29(6,22)23/h7,11-16,20H,8-9H2,1-6H3/b10-7+/t11-,12-,13+,14-,15+,16+,19-/m1/s1. The lowest BCUT2D eigenvalue weighted by Gasteiger charge is -2.60. The minimum atomic E-state index is -3.90. The van der Waals surface area contributed by atoms with Crippen molar-refractivity contribution in [2.45, 2.75) is 57.2 Å². The molecule has 1 saturated heterocycles. The van der Waals surface area contributed by atoms with E-state index in [0.29, 0.717) is 12.0 Å². The number of carbonyl (C=O) groups excluding carboxylic acids is 1. The minimum absolute atomic E-state index is 0.0594. The lowest BCUT2D eigenvalue weighted by molar-refractivity contribution is -0.252. The molecule has 0 aromatic rings. The van der Waals surface area contributed by atoms with E-state index in [1.54, 1.807) is 13.0 Å². The van der Waals surface area contributed by atoms with Crippen LogP contribution >= 0.6 is 0 Å². The van der Waals surface area contributed by atoms with Gasteiger partial charge in [0.1, 0.15) is 36.8 Å². The van der Waals surface area contributed by atoms with Crippen LogP contribution in [-0.2, 0) is 38.0 Å². The van der Waals surface area contributed by atoms with E-state index in [2.05, 4.69) is 0 Å². The van der Waals surface area contributed by atoms with Crippen LogP contribution in [-0.4, -0.2) is 76.8 Å². The number of carbonyl (C=O) groups is 1. The lowest BCUT2D eigenvalue weighted by Crippen LogP contribution is -2.70. The summed E-state index contributed by atoms with van der Waals surface area (Å²) >= 11 is 0. The van der Waals surface area contributed by atoms with Crippen molar-refractivity contribution in [1.29, 1.82) is 0 Å². The quantitative estimate of drug-likeness (QED) is 0.278. The van der Waals surface area contributed by atoms with Gasteiger partial charge in [-0.2, -0.15) is 8.42 Å². The summed E-state index contributed by atoms with van der Waals surface area (Å²) in [4.78, 5) is 13.0. The van der Waals surface area contributed by atoms with Gasteiger partial charge in [0.05, 0.1) is 12.2 Å². The molecule has 0 spiro atoms. The zero-order valence-electron chi connectivity index (χ0n) is 17.6. The van der Waals surface area contributed by atoms with Gasteiger partial charge in [-0.25, -0.2) is 0 Å². The van der Waals surface area contributed by atoms with E-state index in [0.717, 1.165) is 6.26 Å². The van der Waals surface area contributed by atoms with E-state index in [4.69, 9.17) is 23.1 Å². The molecule has 2 fully saturated rings. The van der Waals surface area contributed by atoms with Crippen LogP contribution in [0, 0.1) is 17.3 Å². The fourth-order valence-electron chi connectivity index (χ4n) is 5.27. The van der Waals surface area contributed by atoms with Gasteiger partial charge in [-0.1, -0.05) is 19.9 Å². The van der Waals surface area contributed by atoms with Crippen LogP contribution in [0.15, 0.2) is 11.6 Å². The zero-order chi connectivity index (χ0) is 21.8. The molecule has 29 heavy (non-hydrogen) atoms. The van der Waals surface area contributed by atoms with Gasteiger partial charge in [0.2, 0.25) is 0 Å². The Kier molecular flexibility index (Phi) is 5.92. The lowest BCUT2D eigenvalue weighted by atomic mass is 9.47. The summed E-state index contributed by atoms with van der Waals surface area (Å²) in [5.74, 6) is -1.59. The first-order valence-corrected chi connectivity index (χ1v) is 11.3. The Morgan fingerprint density at radius 2 is 1.97 bits per heavy atom.